The van der Waals surface area contributed by atoms with Gasteiger partial charge >= 0.3 is 42.1 Å². The van der Waals surface area contributed by atoms with Crippen molar-refractivity contribution in [1.29, 1.82) is 0 Å². The molecular formula is C84H110N16O28. The standard InChI is InChI=1S/C82H110N16O24.2CO2/c1-41(83)8-66(101)95-32-51-22-55(36-95)91-77(112)60-15-45(14-59(100)40-99)16-61(75(60)110)78(113)92-56-23-52(33-96(37-56)67(102)9-42(2)84)88-29-48-11-44(20-71(106)119-4)13-50(74(48)109)31-90-54-25-58(39-98(35-54)69(104)27-65(86)82(117)122-7)94-80(115)63-18-46(21-72(107)120-5)17-62(76(63)111)79(114)93-57-24-53(34-97(38-57)68(103)26-64(85)81(116)121-6)89-30-49-12-43(19-70(105)118-3)10-47(28-87-51)73(49)108;2*2-1-3/h10-13,15-18,40-42,51-58,64-65,87-90,108-111H,8-9,14,19-39,83-86H2,1-7H3,(H,91,112)(H,92,113)(H,93,114)(H,94,115);;. The number of aromatic hydroxyl groups is 4. The number of nitrogens with zero attached hydrogens (tertiary/aromatic N) is 4. The number of amides is 8. The smallest absolute Gasteiger partial charge is 0.373 e. The summed E-state index contributed by atoms with van der Waals surface area (Å²) in [5, 5.41) is 73.8. The lowest BCUT2D eigenvalue weighted by Crippen LogP contribution is -2.58. The van der Waals surface area contributed by atoms with Gasteiger partial charge < -0.3 is 129 Å². The van der Waals surface area contributed by atoms with Gasteiger partial charge in [-0.2, -0.15) is 19.2 Å². The second kappa shape index (κ2) is 48.6. The van der Waals surface area contributed by atoms with Crippen molar-refractivity contribution in [2.45, 2.75) is 190 Å². The van der Waals surface area contributed by atoms with Crippen LogP contribution in [-0.4, -0.2) is 302 Å². The average Bonchev–Trinajstić information content (AvgIpc) is 0.794. The van der Waals surface area contributed by atoms with E-state index < -0.39 is 215 Å². The third kappa shape index (κ3) is 29.5. The Morgan fingerprint density at radius 3 is 0.828 bits per heavy atom. The van der Waals surface area contributed by atoms with Crippen molar-refractivity contribution >= 4 is 101 Å². The molecular weight excluding hydrogens is 1680 g/mol. The van der Waals surface area contributed by atoms with Crippen LogP contribution in [0.2, 0.25) is 0 Å². The summed E-state index contributed by atoms with van der Waals surface area (Å²) >= 11 is 0. The number of rotatable bonds is 19. The Labute approximate surface area is 734 Å². The molecule has 12 unspecified atom stereocenters. The van der Waals surface area contributed by atoms with E-state index in [1.807, 2.05) is 0 Å². The molecule has 16 bridgehead atoms. The zero-order valence-corrected chi connectivity index (χ0v) is 71.8. The highest BCUT2D eigenvalue weighted by Crippen LogP contribution is 2.33. The molecule has 128 heavy (non-hydrogen) atoms. The van der Waals surface area contributed by atoms with Gasteiger partial charge in [0.2, 0.25) is 23.6 Å². The molecule has 0 saturated carbocycles. The number of hydrogen-bond acceptors (Lipinski definition) is 36. The summed E-state index contributed by atoms with van der Waals surface area (Å²) in [6.45, 7) is 1.78. The summed E-state index contributed by atoms with van der Waals surface area (Å²) < 4.78 is 24.6. The molecule has 5 heterocycles. The largest absolute Gasteiger partial charge is 0.507 e. The van der Waals surface area contributed by atoms with Crippen LogP contribution in [0.25, 0.3) is 0 Å². The number of aldehydes is 1. The fourth-order valence-electron chi connectivity index (χ4n) is 15.9. The maximum atomic E-state index is 15.0. The molecule has 4 aromatic rings. The minimum atomic E-state index is -1.42. The molecule has 694 valence electrons. The Morgan fingerprint density at radius 1 is 0.375 bits per heavy atom. The first-order valence-corrected chi connectivity index (χ1v) is 40.8. The van der Waals surface area contributed by atoms with E-state index in [0.29, 0.717) is 11.1 Å². The average molecular weight is 1790 g/mol. The van der Waals surface area contributed by atoms with Crippen LogP contribution in [0.1, 0.15) is 151 Å². The van der Waals surface area contributed by atoms with Gasteiger partial charge in [0.1, 0.15) is 35.1 Å². The van der Waals surface area contributed by atoms with Crippen LogP contribution in [-0.2, 0) is 147 Å². The molecule has 4 saturated heterocycles. The SMILES string of the molecule is COC(=O)Cc1cc2c(O)c(c1)CNC1CC(CN(C(=O)CC(N)C(=O)OC)C1)NC(=O)c1cc(CC(=O)OC)cc(c1O)C(=O)NC1CC(CN(C(=O)CC(N)C(=O)OC)C1)NCc1cc(CC(=O)OC)cc(c1O)CNC1CC(CN(C(=O)CC(C)N)C1)NC(=O)c1cc(CC(=O)C=O)cc(c1O)C(=O)NC1CC(CN(C(=O)CC(C)N)C1)NC2.O=C=O.O=C=O. The van der Waals surface area contributed by atoms with Crippen LogP contribution in [0.3, 0.4) is 0 Å². The first kappa shape index (κ1) is 102. The number of ketones is 1. The van der Waals surface area contributed by atoms with E-state index in [-0.39, 0.29) is 193 Å². The van der Waals surface area contributed by atoms with E-state index in [2.05, 4.69) is 42.5 Å². The van der Waals surface area contributed by atoms with E-state index in [0.717, 1.165) is 45.6 Å². The lowest BCUT2D eigenvalue weighted by Gasteiger charge is -2.39. The van der Waals surface area contributed by atoms with Gasteiger partial charge in [-0.05, 0) is 86.1 Å². The number of Topliss-reactive ketones (excluding diaryl/α,β-unsaturated/α-hetero) is 1. The number of phenolic OH excluding ortho intramolecular Hbond substituents is 4. The number of ether oxygens (including phenoxy) is 5. The maximum absolute atomic E-state index is 15.0. The number of piperidine rings is 4. The number of esters is 5. The van der Waals surface area contributed by atoms with E-state index in [1.54, 1.807) is 38.1 Å². The highest BCUT2D eigenvalue weighted by Gasteiger charge is 2.40. The Hall–Kier alpha value is -13.0. The van der Waals surface area contributed by atoms with Gasteiger partial charge in [0.25, 0.3) is 23.6 Å². The quantitative estimate of drug-likeness (QED) is 0.0182. The summed E-state index contributed by atoms with van der Waals surface area (Å²) in [4.78, 5) is 243. The first-order chi connectivity index (χ1) is 60.8. The zero-order valence-electron chi connectivity index (χ0n) is 71.8. The van der Waals surface area contributed by atoms with Crippen LogP contribution < -0.4 is 65.5 Å². The Kier molecular flexibility index (Phi) is 38.8. The predicted octanol–water partition coefficient (Wildman–Crippen LogP) is -4.68. The van der Waals surface area contributed by atoms with Crippen molar-refractivity contribution in [3.8, 4) is 23.0 Å². The van der Waals surface area contributed by atoms with Crippen molar-refractivity contribution in [1.82, 2.24) is 62.1 Å². The highest BCUT2D eigenvalue weighted by atomic mass is 16.5. The summed E-state index contributed by atoms with van der Waals surface area (Å²) in [5.74, 6) is -13.2. The molecule has 4 fully saturated rings. The van der Waals surface area contributed by atoms with Gasteiger partial charge in [-0.3, -0.25) is 71.9 Å². The molecule has 8 amide bonds. The number of carbonyl (C=O) groups is 15. The second-order valence-electron chi connectivity index (χ2n) is 32.0. The minimum absolute atomic E-state index is 0.00940. The molecule has 12 atom stereocenters. The number of benzene rings is 4. The number of methoxy groups -OCH3 is 5. The number of likely N-dealkylation sites (tertiary alicyclic amines) is 4. The molecule has 44 heteroatoms. The van der Waals surface area contributed by atoms with Crippen LogP contribution in [0.4, 0.5) is 0 Å². The normalized spacial score (nSPS) is 20.9. The fraction of sp³-hybridized carbons (Fsp3) is 0.512. The minimum Gasteiger partial charge on any atom is -0.507 e. The van der Waals surface area contributed by atoms with E-state index in [4.69, 9.17) is 65.8 Å². The van der Waals surface area contributed by atoms with Crippen molar-refractivity contribution in [3.05, 3.63) is 115 Å². The number of hydrogen-bond donors (Lipinski definition) is 16. The maximum Gasteiger partial charge on any atom is 0.373 e. The molecule has 4 aromatic carbocycles. The van der Waals surface area contributed by atoms with Crippen molar-refractivity contribution in [2.75, 3.05) is 87.9 Å². The number of nitrogens with two attached hydrogens (primary N) is 4. The van der Waals surface area contributed by atoms with Crippen LogP contribution in [0.5, 0.6) is 23.0 Å². The number of nitrogens with one attached hydrogen (secondary N) is 8. The molecule has 0 spiro atoms. The van der Waals surface area contributed by atoms with Crippen LogP contribution in [0, 0.1) is 0 Å². The second-order valence-corrected chi connectivity index (χ2v) is 32.0. The zero-order chi connectivity index (χ0) is 94.5. The third-order valence-electron chi connectivity index (χ3n) is 21.9. The first-order valence-electron chi connectivity index (χ1n) is 40.8. The summed E-state index contributed by atoms with van der Waals surface area (Å²) in [6, 6.07) is -0.156. The Morgan fingerprint density at radius 2 is 0.602 bits per heavy atom. The van der Waals surface area contributed by atoms with Gasteiger partial charge in [0, 0.05) is 180 Å². The summed E-state index contributed by atoms with van der Waals surface area (Å²) in [7, 11) is 5.66. The monoisotopic (exact) mass is 1790 g/mol. The lowest BCUT2D eigenvalue weighted by molar-refractivity contribution is -0.193. The van der Waals surface area contributed by atoms with Crippen molar-refractivity contribution in [3.63, 3.8) is 0 Å². The topological polar surface area (TPSA) is 665 Å². The van der Waals surface area contributed by atoms with E-state index >= 15 is 0 Å². The number of phenols is 4. The Balaban J connectivity index is 0.00000363. The molecule has 44 nitrogen and oxygen atoms in total. The number of fused-ring (bicyclic) bond motifs is 16. The van der Waals surface area contributed by atoms with Gasteiger partial charge in [0.15, 0.2) is 12.1 Å². The predicted molar refractivity (Wildman–Crippen MR) is 442 cm³/mol. The molecule has 5 aliphatic heterocycles. The van der Waals surface area contributed by atoms with Crippen molar-refractivity contribution in [2.24, 2.45) is 22.9 Å². The molecule has 0 aliphatic carbocycles. The summed E-state index contributed by atoms with van der Waals surface area (Å²) in [6.07, 6.45) is -2.37. The van der Waals surface area contributed by atoms with E-state index in [9.17, 15) is 92.3 Å². The van der Waals surface area contributed by atoms with Gasteiger partial charge in [-0.25, -0.2) is 0 Å². The third-order valence-corrected chi connectivity index (χ3v) is 21.9. The molecule has 9 rings (SSSR count). The van der Waals surface area contributed by atoms with Crippen molar-refractivity contribution < 1.29 is 135 Å². The molecule has 0 aromatic heterocycles. The summed E-state index contributed by atoms with van der Waals surface area (Å²) in [5.41, 5.74) is 24.0. The van der Waals surface area contributed by atoms with Gasteiger partial charge in [-0.1, -0.05) is 24.3 Å². The Bertz CT molecular complexity index is 4570. The number of carbonyl (C=O) groups excluding carboxylic acids is 19. The van der Waals surface area contributed by atoms with Crippen LogP contribution >= 0.6 is 0 Å². The molecule has 0 radical (unpaired) electrons. The molecule has 20 N–H and O–H groups in total. The van der Waals surface area contributed by atoms with Gasteiger partial charge in [-0.15, -0.1) is 0 Å². The highest BCUT2D eigenvalue weighted by molar-refractivity contribution is 6.25. The van der Waals surface area contributed by atoms with Crippen LogP contribution in [0.15, 0.2) is 48.5 Å². The van der Waals surface area contributed by atoms with E-state index in [1.165, 1.54) is 33.8 Å². The lowest BCUT2D eigenvalue weighted by atomic mass is 9.95. The molecule has 5 aliphatic rings. The van der Waals surface area contributed by atoms with Gasteiger partial charge in [0.05, 0.1) is 89.9 Å². The fourth-order valence-corrected chi connectivity index (χ4v) is 15.9.